The van der Waals surface area contributed by atoms with Gasteiger partial charge < -0.3 is 10.2 Å². The second-order valence-electron chi connectivity index (χ2n) is 4.38. The molecule has 0 aliphatic carbocycles. The summed E-state index contributed by atoms with van der Waals surface area (Å²) in [6.07, 6.45) is 3.08. The van der Waals surface area contributed by atoms with E-state index in [1.807, 2.05) is 13.2 Å². The molecule has 0 unspecified atom stereocenters. The van der Waals surface area contributed by atoms with Crippen molar-refractivity contribution in [3.05, 3.63) is 36.2 Å². The van der Waals surface area contributed by atoms with Crippen molar-refractivity contribution in [3.8, 4) is 0 Å². The predicted octanol–water partition coefficient (Wildman–Crippen LogP) is 2.52. The van der Waals surface area contributed by atoms with Crippen LogP contribution in [-0.2, 0) is 0 Å². The molecule has 1 rings (SSSR count). The minimum absolute atomic E-state index is 0.521. The van der Waals surface area contributed by atoms with Crippen molar-refractivity contribution in [2.75, 3.05) is 20.1 Å². The van der Waals surface area contributed by atoms with Crippen molar-refractivity contribution in [1.82, 2.24) is 10.2 Å². The zero-order chi connectivity index (χ0) is 11.4. The highest BCUT2D eigenvalue weighted by atomic mass is 15.1. The smallest absolute Gasteiger partial charge is 0.0443 e. The third-order valence-corrected chi connectivity index (χ3v) is 2.89. The zero-order valence-electron chi connectivity index (χ0n) is 10.1. The Bertz CT molecular complexity index is 287. The van der Waals surface area contributed by atoms with Gasteiger partial charge in [0.1, 0.15) is 0 Å². The number of nitrogens with zero attached hydrogens (tertiary/aromatic N) is 1. The van der Waals surface area contributed by atoms with Crippen molar-refractivity contribution >= 4 is 0 Å². The van der Waals surface area contributed by atoms with Crippen molar-refractivity contribution in [3.63, 3.8) is 0 Å². The quantitative estimate of drug-likeness (QED) is 0.763. The summed E-state index contributed by atoms with van der Waals surface area (Å²) in [4.78, 5) is 2.35. The molecule has 0 amide bonds. The van der Waals surface area contributed by atoms with Crippen LogP contribution in [0.25, 0.3) is 0 Å². The molecule has 0 radical (unpaired) electrons. The van der Waals surface area contributed by atoms with E-state index in [1.54, 1.807) is 0 Å². The van der Waals surface area contributed by atoms with Crippen LogP contribution < -0.4 is 5.32 Å². The fourth-order valence-corrected chi connectivity index (χ4v) is 1.76. The van der Waals surface area contributed by atoms with E-state index in [4.69, 9.17) is 0 Å². The minimum atomic E-state index is 0.521. The van der Waals surface area contributed by atoms with Crippen molar-refractivity contribution in [1.29, 1.82) is 0 Å². The Balaban J connectivity index is 2.70. The van der Waals surface area contributed by atoms with Crippen LogP contribution in [-0.4, -0.2) is 25.0 Å². The summed E-state index contributed by atoms with van der Waals surface area (Å²) in [5.41, 5.74) is 3.77. The fraction of sp³-hybridized carbons (Fsp3) is 0.538. The second-order valence-corrected chi connectivity index (χ2v) is 4.38. The van der Waals surface area contributed by atoms with Gasteiger partial charge in [-0.05, 0) is 23.5 Å². The first-order valence-electron chi connectivity index (χ1n) is 5.54. The van der Waals surface area contributed by atoms with E-state index in [1.165, 1.54) is 16.8 Å². The Kier molecular flexibility index (Phi) is 4.01. The molecule has 0 spiro atoms. The molecule has 2 heteroatoms. The molecule has 0 bridgehead atoms. The van der Waals surface area contributed by atoms with E-state index in [2.05, 4.69) is 37.2 Å². The molecule has 2 nitrogen and oxygen atoms in total. The molecule has 1 N–H and O–H groups in total. The number of hydrogen-bond donors (Lipinski definition) is 1. The van der Waals surface area contributed by atoms with Gasteiger partial charge in [0, 0.05) is 32.0 Å². The highest BCUT2D eigenvalue weighted by Crippen LogP contribution is 2.24. The van der Waals surface area contributed by atoms with Crippen molar-refractivity contribution < 1.29 is 0 Å². The van der Waals surface area contributed by atoms with E-state index in [-0.39, 0.29) is 0 Å². The first kappa shape index (κ1) is 11.9. The van der Waals surface area contributed by atoms with E-state index >= 15 is 0 Å². The molecular weight excluding hydrogens is 184 g/mol. The maximum atomic E-state index is 4.15. The second kappa shape index (κ2) is 5.06. The van der Waals surface area contributed by atoms with Crippen LogP contribution in [0.3, 0.4) is 0 Å². The molecule has 0 aromatic heterocycles. The molecule has 1 aliphatic heterocycles. The van der Waals surface area contributed by atoms with E-state index in [0.717, 1.165) is 19.5 Å². The van der Waals surface area contributed by atoms with Gasteiger partial charge in [0.05, 0.1) is 0 Å². The van der Waals surface area contributed by atoms with Crippen LogP contribution in [0.2, 0.25) is 0 Å². The Morgan fingerprint density at radius 3 is 2.73 bits per heavy atom. The maximum absolute atomic E-state index is 4.15. The summed E-state index contributed by atoms with van der Waals surface area (Å²) in [6, 6.07) is 0. The molecule has 0 atom stereocenters. The van der Waals surface area contributed by atoms with Crippen LogP contribution in [0.1, 0.15) is 20.3 Å². The van der Waals surface area contributed by atoms with Gasteiger partial charge in [-0.15, -0.1) is 0 Å². The molecule has 1 fully saturated rings. The number of piperidine rings is 1. The van der Waals surface area contributed by atoms with Gasteiger partial charge in [-0.2, -0.15) is 0 Å². The molecule has 0 aromatic rings. The minimum Gasteiger partial charge on any atom is -0.394 e. The number of allylic oxidation sites excluding steroid dienone is 1. The predicted molar refractivity (Wildman–Crippen MR) is 66.5 cm³/mol. The number of likely N-dealkylation sites (tertiary alicyclic amines) is 1. The van der Waals surface area contributed by atoms with Gasteiger partial charge >= 0.3 is 0 Å². The standard InChI is InChI=1S/C13H22N2/c1-10(2)12(4)15-7-6-11(3)13(9-15)8-14-5/h8,10,14H,3-4,6-7,9H2,1-2,5H3/b13-8-. The van der Waals surface area contributed by atoms with Crippen molar-refractivity contribution in [2.24, 2.45) is 5.92 Å². The van der Waals surface area contributed by atoms with E-state index in [0.29, 0.717) is 5.92 Å². The summed E-state index contributed by atoms with van der Waals surface area (Å²) >= 11 is 0. The Labute approximate surface area is 93.4 Å². The van der Waals surface area contributed by atoms with Crippen LogP contribution in [0.5, 0.6) is 0 Å². The average molecular weight is 206 g/mol. The fourth-order valence-electron chi connectivity index (χ4n) is 1.76. The Morgan fingerprint density at radius 1 is 1.53 bits per heavy atom. The molecule has 0 aromatic carbocycles. The van der Waals surface area contributed by atoms with Crippen LogP contribution in [0.15, 0.2) is 36.2 Å². The Morgan fingerprint density at radius 2 is 2.20 bits per heavy atom. The van der Waals surface area contributed by atoms with E-state index < -0.39 is 0 Å². The summed E-state index contributed by atoms with van der Waals surface area (Å²) in [5.74, 6) is 0.521. The van der Waals surface area contributed by atoms with Gasteiger partial charge in [-0.25, -0.2) is 0 Å². The highest BCUT2D eigenvalue weighted by molar-refractivity contribution is 5.32. The van der Waals surface area contributed by atoms with Crippen LogP contribution >= 0.6 is 0 Å². The lowest BCUT2D eigenvalue weighted by Crippen LogP contribution is -2.33. The molecule has 15 heavy (non-hydrogen) atoms. The lowest BCUT2D eigenvalue weighted by molar-refractivity contribution is 0.325. The van der Waals surface area contributed by atoms with E-state index in [9.17, 15) is 0 Å². The normalized spacial score (nSPS) is 19.9. The monoisotopic (exact) mass is 206 g/mol. The number of hydrogen-bond acceptors (Lipinski definition) is 2. The van der Waals surface area contributed by atoms with Gasteiger partial charge in [-0.1, -0.05) is 27.0 Å². The molecule has 1 aliphatic rings. The molecule has 1 heterocycles. The average Bonchev–Trinajstić information content (AvgIpc) is 2.20. The van der Waals surface area contributed by atoms with Crippen LogP contribution in [0.4, 0.5) is 0 Å². The molecule has 0 saturated carbocycles. The summed E-state index contributed by atoms with van der Waals surface area (Å²) in [5, 5.41) is 3.08. The molecule has 1 saturated heterocycles. The maximum Gasteiger partial charge on any atom is 0.0443 e. The number of rotatable bonds is 3. The lowest BCUT2D eigenvalue weighted by Gasteiger charge is -2.34. The topological polar surface area (TPSA) is 15.3 Å². The van der Waals surface area contributed by atoms with Gasteiger partial charge in [0.2, 0.25) is 0 Å². The lowest BCUT2D eigenvalue weighted by atomic mass is 9.98. The highest BCUT2D eigenvalue weighted by Gasteiger charge is 2.19. The van der Waals surface area contributed by atoms with Crippen molar-refractivity contribution in [2.45, 2.75) is 20.3 Å². The van der Waals surface area contributed by atoms with Crippen LogP contribution in [0, 0.1) is 5.92 Å². The largest absolute Gasteiger partial charge is 0.394 e. The third kappa shape index (κ3) is 2.88. The number of nitrogens with one attached hydrogen (secondary N) is 1. The summed E-state index contributed by atoms with van der Waals surface area (Å²) < 4.78 is 0. The Hall–Kier alpha value is -1.18. The summed E-state index contributed by atoms with van der Waals surface area (Å²) in [6.45, 7) is 14.6. The van der Waals surface area contributed by atoms with Gasteiger partial charge in [0.15, 0.2) is 0 Å². The zero-order valence-corrected chi connectivity index (χ0v) is 10.1. The first-order valence-corrected chi connectivity index (χ1v) is 5.54. The van der Waals surface area contributed by atoms with Gasteiger partial charge in [-0.3, -0.25) is 0 Å². The third-order valence-electron chi connectivity index (χ3n) is 2.89. The molecular formula is C13H22N2. The SMILES string of the molecule is C=C1CCN(C(=C)C(C)C)C/C1=C/NC. The van der Waals surface area contributed by atoms with Gasteiger partial charge in [0.25, 0.3) is 0 Å². The summed E-state index contributed by atoms with van der Waals surface area (Å²) in [7, 11) is 1.93. The molecule has 84 valence electrons. The first-order chi connectivity index (χ1) is 7.06.